The number of amides is 2. The first kappa shape index (κ1) is 20.8. The van der Waals surface area contributed by atoms with E-state index in [2.05, 4.69) is 5.32 Å². The third kappa shape index (κ3) is 4.72. The molecule has 0 aliphatic carbocycles. The lowest BCUT2D eigenvalue weighted by Gasteiger charge is -2.15. The number of nitrogens with zero attached hydrogens (tertiary/aromatic N) is 1. The molecular weight excluding hydrogens is 377 g/mol. The molecule has 2 amide bonds. The normalized spacial score (nSPS) is 16.1. The van der Waals surface area contributed by atoms with Gasteiger partial charge in [-0.1, -0.05) is 18.2 Å². The number of hydrogen-bond acceptors (Lipinski definition) is 5. The van der Waals surface area contributed by atoms with Gasteiger partial charge in [-0.3, -0.25) is 9.69 Å². The predicted molar refractivity (Wildman–Crippen MR) is 107 cm³/mol. The van der Waals surface area contributed by atoms with Crippen LogP contribution in [-0.2, 0) is 22.6 Å². The second-order valence-electron chi connectivity index (χ2n) is 6.90. The van der Waals surface area contributed by atoms with Gasteiger partial charge < -0.3 is 20.9 Å². The molecule has 1 aliphatic rings. The van der Waals surface area contributed by atoms with E-state index in [1.807, 2.05) is 6.07 Å². The Balaban J connectivity index is 1.81. The molecule has 2 aromatic carbocycles. The van der Waals surface area contributed by atoms with Crippen LogP contribution in [0.1, 0.15) is 18.1 Å². The number of halogens is 1. The average molecular weight is 401 g/mol. The Morgan fingerprint density at radius 2 is 2.10 bits per heavy atom. The van der Waals surface area contributed by atoms with Gasteiger partial charge in [-0.15, -0.1) is 0 Å². The standard InChI is InChI=1S/C21H24FN3O4/c1-13(27)24-10-18-11-25(21(28)29-18)17-4-5-19(20(22)9-17)15-2-3-16(12-26)14(8-15)6-7-23/h2-5,8-9,18,26H,6-7,10-12,23H2,1H3,(H,24,27)/t18-/m0/s1. The number of aliphatic hydroxyl groups excluding tert-OH is 1. The molecule has 0 unspecified atom stereocenters. The second-order valence-corrected chi connectivity index (χ2v) is 6.90. The van der Waals surface area contributed by atoms with E-state index in [0.717, 1.165) is 11.1 Å². The predicted octanol–water partition coefficient (Wildman–Crippen LogP) is 1.95. The number of hydrogen-bond donors (Lipinski definition) is 3. The molecule has 0 aromatic heterocycles. The number of nitrogens with one attached hydrogen (secondary N) is 1. The fraction of sp³-hybridized carbons (Fsp3) is 0.333. The molecule has 2 aromatic rings. The molecule has 29 heavy (non-hydrogen) atoms. The molecule has 1 heterocycles. The fourth-order valence-electron chi connectivity index (χ4n) is 3.34. The summed E-state index contributed by atoms with van der Waals surface area (Å²) in [5.41, 5.74) is 8.71. The smallest absolute Gasteiger partial charge is 0.414 e. The van der Waals surface area contributed by atoms with Crippen molar-refractivity contribution in [1.82, 2.24) is 5.32 Å². The van der Waals surface area contributed by atoms with Crippen LogP contribution >= 0.6 is 0 Å². The number of nitrogens with two attached hydrogens (primary N) is 1. The van der Waals surface area contributed by atoms with E-state index in [-0.39, 0.29) is 25.6 Å². The number of carbonyl (C=O) groups excluding carboxylic acids is 2. The molecule has 0 saturated carbocycles. The maximum absolute atomic E-state index is 14.9. The van der Waals surface area contributed by atoms with E-state index in [9.17, 15) is 19.1 Å². The van der Waals surface area contributed by atoms with Crippen LogP contribution in [0.5, 0.6) is 0 Å². The van der Waals surface area contributed by atoms with Gasteiger partial charge in [0.05, 0.1) is 25.4 Å². The molecule has 0 radical (unpaired) electrons. The summed E-state index contributed by atoms with van der Waals surface area (Å²) < 4.78 is 20.1. The Morgan fingerprint density at radius 1 is 1.31 bits per heavy atom. The van der Waals surface area contributed by atoms with Crippen LogP contribution in [-0.4, -0.2) is 42.8 Å². The van der Waals surface area contributed by atoms with E-state index >= 15 is 0 Å². The fourth-order valence-corrected chi connectivity index (χ4v) is 3.34. The number of anilines is 1. The molecule has 7 nitrogen and oxygen atoms in total. The van der Waals surface area contributed by atoms with Crippen LogP contribution in [0.4, 0.5) is 14.9 Å². The van der Waals surface area contributed by atoms with Crippen LogP contribution in [0, 0.1) is 5.82 Å². The molecular formula is C21H24FN3O4. The number of aliphatic hydroxyl groups is 1. The van der Waals surface area contributed by atoms with Gasteiger partial charge >= 0.3 is 6.09 Å². The minimum atomic E-state index is -0.579. The minimum Gasteiger partial charge on any atom is -0.442 e. The molecule has 3 rings (SSSR count). The highest BCUT2D eigenvalue weighted by atomic mass is 19.1. The number of ether oxygens (including phenoxy) is 1. The zero-order valence-corrected chi connectivity index (χ0v) is 16.2. The summed E-state index contributed by atoms with van der Waals surface area (Å²) in [4.78, 5) is 24.5. The highest BCUT2D eigenvalue weighted by Crippen LogP contribution is 2.30. The number of cyclic esters (lactones) is 1. The van der Waals surface area contributed by atoms with Gasteiger partial charge in [0.25, 0.3) is 0 Å². The zero-order chi connectivity index (χ0) is 21.0. The third-order valence-corrected chi connectivity index (χ3v) is 4.82. The van der Waals surface area contributed by atoms with Gasteiger partial charge in [0.2, 0.25) is 5.91 Å². The van der Waals surface area contributed by atoms with Crippen molar-refractivity contribution >= 4 is 17.7 Å². The van der Waals surface area contributed by atoms with E-state index in [4.69, 9.17) is 10.5 Å². The van der Waals surface area contributed by atoms with Gasteiger partial charge in [0, 0.05) is 12.5 Å². The van der Waals surface area contributed by atoms with Crippen LogP contribution in [0.2, 0.25) is 0 Å². The van der Waals surface area contributed by atoms with Gasteiger partial charge in [-0.2, -0.15) is 0 Å². The molecule has 0 bridgehead atoms. The van der Waals surface area contributed by atoms with Gasteiger partial charge in [0.1, 0.15) is 11.9 Å². The van der Waals surface area contributed by atoms with Gasteiger partial charge in [-0.05, 0) is 47.9 Å². The van der Waals surface area contributed by atoms with E-state index in [1.54, 1.807) is 24.3 Å². The molecule has 1 saturated heterocycles. The van der Waals surface area contributed by atoms with E-state index in [1.165, 1.54) is 17.9 Å². The molecule has 4 N–H and O–H groups in total. The molecule has 1 fully saturated rings. The van der Waals surface area contributed by atoms with Crippen molar-refractivity contribution in [2.75, 3.05) is 24.5 Å². The Bertz CT molecular complexity index is 919. The maximum Gasteiger partial charge on any atom is 0.414 e. The molecule has 154 valence electrons. The van der Waals surface area contributed by atoms with Gasteiger partial charge in [-0.25, -0.2) is 9.18 Å². The van der Waals surface area contributed by atoms with E-state index in [0.29, 0.717) is 29.8 Å². The Morgan fingerprint density at radius 3 is 2.76 bits per heavy atom. The third-order valence-electron chi connectivity index (χ3n) is 4.82. The summed E-state index contributed by atoms with van der Waals surface area (Å²) in [6.07, 6.45) is -0.484. The quantitative estimate of drug-likeness (QED) is 0.658. The maximum atomic E-state index is 14.9. The van der Waals surface area contributed by atoms with Crippen molar-refractivity contribution in [3.05, 3.63) is 53.3 Å². The summed E-state index contributed by atoms with van der Waals surface area (Å²) in [5, 5.41) is 12.0. The molecule has 1 atom stereocenters. The summed E-state index contributed by atoms with van der Waals surface area (Å²) in [6, 6.07) is 9.89. The lowest BCUT2D eigenvalue weighted by atomic mass is 9.97. The summed E-state index contributed by atoms with van der Waals surface area (Å²) in [7, 11) is 0. The van der Waals surface area contributed by atoms with Crippen molar-refractivity contribution in [2.24, 2.45) is 5.73 Å². The topological polar surface area (TPSA) is 105 Å². The van der Waals surface area contributed by atoms with Crippen LogP contribution in [0.25, 0.3) is 11.1 Å². The van der Waals surface area contributed by atoms with Gasteiger partial charge in [0.15, 0.2) is 0 Å². The SMILES string of the molecule is CC(=O)NC[C@H]1CN(c2ccc(-c3ccc(CO)c(CCN)c3)c(F)c2)C(=O)O1. The van der Waals surface area contributed by atoms with E-state index < -0.39 is 18.0 Å². The first-order chi connectivity index (χ1) is 13.9. The lowest BCUT2D eigenvalue weighted by Crippen LogP contribution is -2.33. The zero-order valence-electron chi connectivity index (χ0n) is 16.2. The van der Waals surface area contributed by atoms with Crippen LogP contribution in [0.15, 0.2) is 36.4 Å². The molecule has 8 heteroatoms. The molecule has 1 aliphatic heterocycles. The summed E-state index contributed by atoms with van der Waals surface area (Å²) in [6.45, 7) is 2.14. The summed E-state index contributed by atoms with van der Waals surface area (Å²) >= 11 is 0. The molecule has 0 spiro atoms. The Kier molecular flexibility index (Phi) is 6.46. The second kappa shape index (κ2) is 9.02. The first-order valence-corrected chi connectivity index (χ1v) is 9.38. The Hall–Kier alpha value is -2.97. The van der Waals surface area contributed by atoms with Crippen molar-refractivity contribution in [3.8, 4) is 11.1 Å². The van der Waals surface area contributed by atoms with Crippen LogP contribution in [0.3, 0.4) is 0 Å². The average Bonchev–Trinajstić information content (AvgIpc) is 3.07. The number of rotatable bonds is 7. The van der Waals surface area contributed by atoms with Crippen molar-refractivity contribution in [3.63, 3.8) is 0 Å². The highest BCUT2D eigenvalue weighted by Gasteiger charge is 2.32. The first-order valence-electron chi connectivity index (χ1n) is 9.38. The largest absolute Gasteiger partial charge is 0.442 e. The summed E-state index contributed by atoms with van der Waals surface area (Å²) in [5.74, 6) is -0.688. The van der Waals surface area contributed by atoms with Crippen molar-refractivity contribution in [2.45, 2.75) is 26.1 Å². The minimum absolute atomic E-state index is 0.103. The number of carbonyl (C=O) groups is 2. The lowest BCUT2D eigenvalue weighted by molar-refractivity contribution is -0.119. The highest BCUT2D eigenvalue weighted by molar-refractivity contribution is 5.90. The van der Waals surface area contributed by atoms with Crippen molar-refractivity contribution < 1.29 is 23.8 Å². The Labute approximate surface area is 168 Å². The van der Waals surface area contributed by atoms with Crippen molar-refractivity contribution in [1.29, 1.82) is 0 Å². The van der Waals surface area contributed by atoms with Crippen LogP contribution < -0.4 is 16.0 Å². The monoisotopic (exact) mass is 401 g/mol. The number of benzene rings is 2.